The molecule has 9 heteroatoms. The Hall–Kier alpha value is -2.42. The molecule has 1 N–H and O–H groups in total. The van der Waals surface area contributed by atoms with Gasteiger partial charge in [-0.3, -0.25) is 14.4 Å². The molecule has 0 bridgehead atoms. The van der Waals surface area contributed by atoms with Crippen LogP contribution in [0.3, 0.4) is 0 Å². The number of carbonyl (C=O) groups excluding carboxylic acids is 3. The Morgan fingerprint density at radius 2 is 2.03 bits per heavy atom. The van der Waals surface area contributed by atoms with E-state index in [9.17, 15) is 14.4 Å². The van der Waals surface area contributed by atoms with Gasteiger partial charge >= 0.3 is 0 Å². The number of hydrogen-bond donors (Lipinski definition) is 1. The number of morpholine rings is 1. The van der Waals surface area contributed by atoms with Gasteiger partial charge in [-0.25, -0.2) is 0 Å². The van der Waals surface area contributed by atoms with E-state index in [2.05, 4.69) is 5.32 Å². The van der Waals surface area contributed by atoms with Crippen LogP contribution in [0.1, 0.15) is 21.7 Å². The van der Waals surface area contributed by atoms with Crippen molar-refractivity contribution in [1.82, 2.24) is 5.32 Å². The second-order valence-corrected chi connectivity index (χ2v) is 8.77. The highest BCUT2D eigenvalue weighted by atomic mass is 35.5. The van der Waals surface area contributed by atoms with Crippen molar-refractivity contribution in [2.75, 3.05) is 36.1 Å². The summed E-state index contributed by atoms with van der Waals surface area (Å²) in [5.74, 6) is -0.339. The molecule has 1 aromatic carbocycles. The molecule has 29 heavy (non-hydrogen) atoms. The van der Waals surface area contributed by atoms with Gasteiger partial charge in [0.2, 0.25) is 5.91 Å². The average molecular weight is 434 g/mol. The molecule has 2 saturated heterocycles. The molecule has 3 heterocycles. The van der Waals surface area contributed by atoms with Crippen LogP contribution in [0, 0.1) is 6.92 Å². The lowest BCUT2D eigenvalue weighted by atomic mass is 10.1. The van der Waals surface area contributed by atoms with E-state index >= 15 is 0 Å². The Balaban J connectivity index is 1.46. The molecule has 2 fully saturated rings. The summed E-state index contributed by atoms with van der Waals surface area (Å²) in [5, 5.41) is 2.91. The Morgan fingerprint density at radius 3 is 2.72 bits per heavy atom. The van der Waals surface area contributed by atoms with Crippen LogP contribution in [-0.2, 0) is 14.3 Å². The van der Waals surface area contributed by atoms with E-state index in [-0.39, 0.29) is 36.8 Å². The number of carbonyl (C=O) groups is 3. The van der Waals surface area contributed by atoms with Crippen LogP contribution < -0.4 is 15.1 Å². The quantitative estimate of drug-likeness (QED) is 0.803. The number of nitrogens with zero attached hydrogens (tertiary/aromatic N) is 2. The zero-order valence-corrected chi connectivity index (χ0v) is 17.4. The van der Waals surface area contributed by atoms with Crippen LogP contribution in [0.2, 0.25) is 4.34 Å². The molecule has 2 aliphatic rings. The van der Waals surface area contributed by atoms with E-state index in [1.807, 2.05) is 25.1 Å². The molecule has 1 aromatic heterocycles. The van der Waals surface area contributed by atoms with Gasteiger partial charge in [0, 0.05) is 30.9 Å². The van der Waals surface area contributed by atoms with Crippen molar-refractivity contribution in [3.63, 3.8) is 0 Å². The first-order valence-electron chi connectivity index (χ1n) is 9.27. The van der Waals surface area contributed by atoms with Crippen molar-refractivity contribution in [1.29, 1.82) is 0 Å². The van der Waals surface area contributed by atoms with Crippen molar-refractivity contribution in [3.8, 4) is 0 Å². The maximum Gasteiger partial charge on any atom is 0.261 e. The summed E-state index contributed by atoms with van der Waals surface area (Å²) in [4.78, 5) is 40.9. The molecule has 0 saturated carbocycles. The first-order valence-corrected chi connectivity index (χ1v) is 10.5. The van der Waals surface area contributed by atoms with Crippen LogP contribution in [-0.4, -0.2) is 50.1 Å². The zero-order chi connectivity index (χ0) is 20.5. The van der Waals surface area contributed by atoms with Crippen LogP contribution >= 0.6 is 22.9 Å². The topological polar surface area (TPSA) is 79.0 Å². The Kier molecular flexibility index (Phi) is 5.58. The van der Waals surface area contributed by atoms with E-state index < -0.39 is 0 Å². The van der Waals surface area contributed by atoms with E-state index in [0.29, 0.717) is 28.9 Å². The van der Waals surface area contributed by atoms with Gasteiger partial charge in [-0.05, 0) is 42.8 Å². The fraction of sp³-hybridized carbons (Fsp3) is 0.350. The highest BCUT2D eigenvalue weighted by molar-refractivity contribution is 7.18. The van der Waals surface area contributed by atoms with Crippen molar-refractivity contribution in [2.24, 2.45) is 0 Å². The van der Waals surface area contributed by atoms with Crippen molar-refractivity contribution >= 4 is 52.0 Å². The van der Waals surface area contributed by atoms with Crippen LogP contribution in [0.25, 0.3) is 0 Å². The molecule has 0 aliphatic carbocycles. The van der Waals surface area contributed by atoms with E-state index in [1.54, 1.807) is 21.9 Å². The number of rotatable bonds is 4. The van der Waals surface area contributed by atoms with Gasteiger partial charge in [0.15, 0.2) is 0 Å². The predicted molar refractivity (Wildman–Crippen MR) is 112 cm³/mol. The monoisotopic (exact) mass is 433 g/mol. The maximum absolute atomic E-state index is 12.5. The van der Waals surface area contributed by atoms with Gasteiger partial charge in [-0.2, -0.15) is 0 Å². The number of aryl methyl sites for hydroxylation is 1. The van der Waals surface area contributed by atoms with Gasteiger partial charge < -0.3 is 19.9 Å². The fourth-order valence-corrected chi connectivity index (χ4v) is 4.58. The number of hydrogen-bond acceptors (Lipinski definition) is 5. The number of anilines is 2. The van der Waals surface area contributed by atoms with Gasteiger partial charge in [0.1, 0.15) is 6.61 Å². The number of ether oxygens (including phenoxy) is 1. The molecule has 0 spiro atoms. The molecular formula is C20H20ClN3O4S. The summed E-state index contributed by atoms with van der Waals surface area (Å²) in [5.41, 5.74) is 2.49. The molecule has 1 unspecified atom stereocenters. The third-order valence-corrected chi connectivity index (χ3v) is 6.26. The van der Waals surface area contributed by atoms with E-state index in [1.165, 1.54) is 11.3 Å². The van der Waals surface area contributed by atoms with Gasteiger partial charge in [0.25, 0.3) is 11.8 Å². The predicted octanol–water partition coefficient (Wildman–Crippen LogP) is 2.61. The summed E-state index contributed by atoms with van der Waals surface area (Å²) in [6.07, 6.45) is 0.244. The van der Waals surface area contributed by atoms with E-state index in [4.69, 9.17) is 16.3 Å². The molecule has 2 aliphatic heterocycles. The zero-order valence-electron chi connectivity index (χ0n) is 15.8. The fourth-order valence-electron chi connectivity index (χ4n) is 3.63. The Morgan fingerprint density at radius 1 is 1.21 bits per heavy atom. The van der Waals surface area contributed by atoms with Crippen molar-refractivity contribution in [2.45, 2.75) is 19.4 Å². The lowest BCUT2D eigenvalue weighted by molar-refractivity contribution is -0.125. The van der Waals surface area contributed by atoms with E-state index in [0.717, 1.165) is 16.9 Å². The molecule has 1 atom stereocenters. The molecule has 7 nitrogen and oxygen atoms in total. The van der Waals surface area contributed by atoms with Gasteiger partial charge in [0.05, 0.1) is 21.9 Å². The molecular weight excluding hydrogens is 414 g/mol. The Bertz CT molecular complexity index is 976. The van der Waals surface area contributed by atoms with Crippen LogP contribution in [0.5, 0.6) is 0 Å². The summed E-state index contributed by atoms with van der Waals surface area (Å²) in [6.45, 7) is 3.43. The summed E-state index contributed by atoms with van der Waals surface area (Å²) in [7, 11) is 0. The second kappa shape index (κ2) is 8.14. The van der Waals surface area contributed by atoms with Crippen molar-refractivity contribution < 1.29 is 19.1 Å². The third kappa shape index (κ3) is 4.14. The SMILES string of the molecule is Cc1cc(N2CC(NC(=O)c3ccc(Cl)s3)CC2=O)ccc1N1CCOCC1=O. The lowest BCUT2D eigenvalue weighted by Gasteiger charge is -2.29. The lowest BCUT2D eigenvalue weighted by Crippen LogP contribution is -2.42. The highest BCUT2D eigenvalue weighted by Gasteiger charge is 2.32. The standard InChI is InChI=1S/C20H20ClN3O4S/c1-12-8-14(2-3-15(12)23-6-7-28-11-19(23)26)24-10-13(9-18(24)25)22-20(27)16-4-5-17(21)29-16/h2-5,8,13H,6-7,9-11H2,1H3,(H,22,27). The van der Waals surface area contributed by atoms with Gasteiger partial charge in [-0.15, -0.1) is 11.3 Å². The van der Waals surface area contributed by atoms with Crippen LogP contribution in [0.15, 0.2) is 30.3 Å². The third-order valence-electron chi connectivity index (χ3n) is 5.03. The molecule has 0 radical (unpaired) electrons. The normalized spacial score (nSPS) is 19.7. The minimum Gasteiger partial charge on any atom is -0.370 e. The smallest absolute Gasteiger partial charge is 0.261 e. The molecule has 152 valence electrons. The minimum atomic E-state index is -0.267. The number of halogens is 1. The largest absolute Gasteiger partial charge is 0.370 e. The number of thiophene rings is 1. The maximum atomic E-state index is 12.5. The van der Waals surface area contributed by atoms with Crippen molar-refractivity contribution in [3.05, 3.63) is 45.1 Å². The van der Waals surface area contributed by atoms with Gasteiger partial charge in [-0.1, -0.05) is 11.6 Å². The van der Waals surface area contributed by atoms with Crippen LogP contribution in [0.4, 0.5) is 11.4 Å². The first kappa shape index (κ1) is 19.9. The first-order chi connectivity index (χ1) is 13.9. The highest BCUT2D eigenvalue weighted by Crippen LogP contribution is 2.29. The number of amides is 3. The average Bonchev–Trinajstić information content (AvgIpc) is 3.28. The number of nitrogens with one attached hydrogen (secondary N) is 1. The molecule has 2 aromatic rings. The second-order valence-electron chi connectivity index (χ2n) is 7.05. The minimum absolute atomic E-state index is 0.0471. The summed E-state index contributed by atoms with van der Waals surface area (Å²) in [6, 6.07) is 8.69. The molecule has 3 amide bonds. The molecule has 4 rings (SSSR count). The summed E-state index contributed by atoms with van der Waals surface area (Å²) >= 11 is 7.09. The summed E-state index contributed by atoms with van der Waals surface area (Å²) < 4.78 is 5.73. The Labute approximate surface area is 177 Å². The number of benzene rings is 1.